The van der Waals surface area contributed by atoms with Gasteiger partial charge in [0.1, 0.15) is 11.5 Å². The van der Waals surface area contributed by atoms with E-state index in [1.807, 2.05) is 32.0 Å². The Morgan fingerprint density at radius 2 is 1.78 bits per heavy atom. The Bertz CT molecular complexity index is 1060. The number of Topliss-reactive ketones (excluding diaryl/α,β-unsaturated/α-hetero) is 1. The van der Waals surface area contributed by atoms with Gasteiger partial charge >= 0.3 is 0 Å². The molecule has 0 radical (unpaired) electrons. The number of aryl methyl sites for hydroxylation is 1. The topological polar surface area (TPSA) is 84.8 Å². The maximum atomic E-state index is 11.9. The lowest BCUT2D eigenvalue weighted by atomic mass is 10.0. The molecule has 136 valence electrons. The monoisotopic (exact) mass is 360 g/mol. The molecule has 1 aliphatic rings. The predicted molar refractivity (Wildman–Crippen MR) is 103 cm³/mol. The van der Waals surface area contributed by atoms with E-state index in [1.54, 1.807) is 18.6 Å². The van der Waals surface area contributed by atoms with Crippen molar-refractivity contribution in [3.05, 3.63) is 48.0 Å². The van der Waals surface area contributed by atoms with E-state index in [-0.39, 0.29) is 17.6 Å². The van der Waals surface area contributed by atoms with Crippen molar-refractivity contribution in [3.8, 4) is 11.3 Å². The number of carbonyl (C=O) groups is 2. The lowest BCUT2D eigenvalue weighted by Crippen LogP contribution is -2.14. The van der Waals surface area contributed by atoms with Gasteiger partial charge in [0.25, 0.3) is 0 Å². The van der Waals surface area contributed by atoms with Crippen molar-refractivity contribution in [2.75, 3.05) is 5.32 Å². The third-order valence-electron chi connectivity index (χ3n) is 4.80. The summed E-state index contributed by atoms with van der Waals surface area (Å²) in [6, 6.07) is 5.59. The zero-order chi connectivity index (χ0) is 19.0. The van der Waals surface area contributed by atoms with Crippen LogP contribution in [0.15, 0.2) is 36.8 Å². The quantitative estimate of drug-likeness (QED) is 0.697. The van der Waals surface area contributed by atoms with Gasteiger partial charge in [-0.1, -0.05) is 6.92 Å². The predicted octanol–water partition coefficient (Wildman–Crippen LogP) is 3.94. The smallest absolute Gasteiger partial charge is 0.228 e. The number of nitrogens with zero attached hydrogens (tertiary/aromatic N) is 3. The molecule has 3 heterocycles. The summed E-state index contributed by atoms with van der Waals surface area (Å²) in [5.41, 5.74) is 3.10. The first kappa shape index (κ1) is 17.3. The molecule has 0 aliphatic heterocycles. The molecule has 0 bridgehead atoms. The van der Waals surface area contributed by atoms with Crippen LogP contribution in [0.5, 0.6) is 0 Å². The van der Waals surface area contributed by atoms with Crippen LogP contribution in [-0.2, 0) is 4.79 Å². The molecule has 0 spiro atoms. The molecule has 27 heavy (non-hydrogen) atoms. The molecule has 0 atom stereocenters. The number of ketones is 1. The summed E-state index contributed by atoms with van der Waals surface area (Å²) in [6.07, 6.45) is 7.56. The minimum Gasteiger partial charge on any atom is -0.310 e. The Hall–Kier alpha value is -3.15. The fourth-order valence-electron chi connectivity index (χ4n) is 2.98. The first-order chi connectivity index (χ1) is 13.0. The van der Waals surface area contributed by atoms with Crippen LogP contribution in [0, 0.1) is 12.8 Å². The highest BCUT2D eigenvalue weighted by Crippen LogP contribution is 2.30. The van der Waals surface area contributed by atoms with Gasteiger partial charge in [-0.15, -0.1) is 0 Å². The highest BCUT2D eigenvalue weighted by atomic mass is 16.2. The second-order valence-electron chi connectivity index (χ2n) is 6.91. The van der Waals surface area contributed by atoms with Crippen LogP contribution in [-0.4, -0.2) is 26.6 Å². The second-order valence-corrected chi connectivity index (χ2v) is 6.91. The highest BCUT2D eigenvalue weighted by molar-refractivity contribution is 5.96. The first-order valence-corrected chi connectivity index (χ1v) is 9.12. The van der Waals surface area contributed by atoms with Gasteiger partial charge in [0.05, 0.1) is 5.69 Å². The van der Waals surface area contributed by atoms with E-state index in [0.717, 1.165) is 40.4 Å². The summed E-state index contributed by atoms with van der Waals surface area (Å²) in [5.74, 6) is 0.756. The Kier molecular flexibility index (Phi) is 4.39. The third kappa shape index (κ3) is 3.56. The number of nitrogens with one attached hydrogen (secondary N) is 1. The summed E-state index contributed by atoms with van der Waals surface area (Å²) < 4.78 is 0. The molecule has 1 amide bonds. The molecule has 4 rings (SSSR count). The summed E-state index contributed by atoms with van der Waals surface area (Å²) >= 11 is 0. The number of rotatable bonds is 5. The minimum absolute atomic E-state index is 0.0288. The van der Waals surface area contributed by atoms with Crippen LogP contribution in [0.1, 0.15) is 42.2 Å². The molecule has 0 aromatic carbocycles. The number of hydrogen-bond acceptors (Lipinski definition) is 5. The number of amides is 1. The number of aromatic nitrogens is 3. The number of anilines is 1. The molecule has 0 saturated heterocycles. The lowest BCUT2D eigenvalue weighted by Gasteiger charge is -2.09. The summed E-state index contributed by atoms with van der Waals surface area (Å²) in [6.45, 7) is 3.77. The molecular formula is C21H20N4O2. The van der Waals surface area contributed by atoms with Crippen molar-refractivity contribution < 1.29 is 9.59 Å². The SMILES string of the molecule is CCC(=O)c1cc(C)c(-c2cc3cnc(NC(=O)C4CC4)cc3cn2)cn1. The maximum absolute atomic E-state index is 11.9. The van der Waals surface area contributed by atoms with Crippen LogP contribution in [0.2, 0.25) is 0 Å². The zero-order valence-electron chi connectivity index (χ0n) is 15.3. The van der Waals surface area contributed by atoms with Gasteiger partial charge in [0, 0.05) is 47.3 Å². The highest BCUT2D eigenvalue weighted by Gasteiger charge is 2.29. The van der Waals surface area contributed by atoms with Crippen molar-refractivity contribution in [2.45, 2.75) is 33.1 Å². The Labute approximate surface area is 157 Å². The standard InChI is InChI=1S/C21H20N4O2/c1-3-19(26)18-6-12(2)16(11-23-18)17-7-14-10-24-20(8-15(14)9-22-17)25-21(27)13-4-5-13/h6-11,13H,3-5H2,1-2H3,(H,24,25,27). The largest absolute Gasteiger partial charge is 0.310 e. The normalized spacial score (nSPS) is 13.6. The van der Waals surface area contributed by atoms with E-state index in [4.69, 9.17) is 0 Å². The van der Waals surface area contributed by atoms with Crippen LogP contribution in [0.4, 0.5) is 5.82 Å². The number of hydrogen-bond donors (Lipinski definition) is 1. The molecule has 3 aromatic rings. The molecule has 1 aliphatic carbocycles. The molecule has 0 unspecified atom stereocenters. The van der Waals surface area contributed by atoms with E-state index in [2.05, 4.69) is 20.3 Å². The number of pyridine rings is 3. The summed E-state index contributed by atoms with van der Waals surface area (Å²) in [4.78, 5) is 36.9. The fraction of sp³-hybridized carbons (Fsp3) is 0.286. The van der Waals surface area contributed by atoms with Gasteiger partial charge in [0.15, 0.2) is 5.78 Å². The van der Waals surface area contributed by atoms with Crippen molar-refractivity contribution in [3.63, 3.8) is 0 Å². The van der Waals surface area contributed by atoms with Gasteiger partial charge in [0.2, 0.25) is 5.91 Å². The van der Waals surface area contributed by atoms with Crippen molar-refractivity contribution in [1.82, 2.24) is 15.0 Å². The van der Waals surface area contributed by atoms with Gasteiger partial charge < -0.3 is 5.32 Å². The van der Waals surface area contributed by atoms with Crippen molar-refractivity contribution in [1.29, 1.82) is 0 Å². The molecule has 6 heteroatoms. The third-order valence-corrected chi connectivity index (χ3v) is 4.80. The number of fused-ring (bicyclic) bond motifs is 1. The minimum atomic E-state index is 0.0288. The van der Waals surface area contributed by atoms with E-state index in [0.29, 0.717) is 17.9 Å². The van der Waals surface area contributed by atoms with Crippen LogP contribution in [0.25, 0.3) is 22.0 Å². The average molecular weight is 360 g/mol. The Morgan fingerprint density at radius 3 is 2.48 bits per heavy atom. The van der Waals surface area contributed by atoms with Crippen molar-refractivity contribution >= 4 is 28.3 Å². The summed E-state index contributed by atoms with van der Waals surface area (Å²) in [5, 5.41) is 4.69. The van der Waals surface area contributed by atoms with E-state index < -0.39 is 0 Å². The van der Waals surface area contributed by atoms with Gasteiger partial charge in [-0.3, -0.25) is 19.6 Å². The first-order valence-electron chi connectivity index (χ1n) is 9.12. The average Bonchev–Trinajstić information content (AvgIpc) is 3.52. The zero-order valence-corrected chi connectivity index (χ0v) is 15.3. The molecule has 3 aromatic heterocycles. The van der Waals surface area contributed by atoms with E-state index >= 15 is 0 Å². The molecular weight excluding hydrogens is 340 g/mol. The molecule has 6 nitrogen and oxygen atoms in total. The van der Waals surface area contributed by atoms with Gasteiger partial charge in [-0.2, -0.15) is 0 Å². The van der Waals surface area contributed by atoms with Gasteiger partial charge in [-0.25, -0.2) is 4.98 Å². The van der Waals surface area contributed by atoms with E-state index in [9.17, 15) is 9.59 Å². The van der Waals surface area contributed by atoms with Crippen LogP contribution < -0.4 is 5.32 Å². The molecule has 1 N–H and O–H groups in total. The Balaban J connectivity index is 1.63. The second kappa shape index (κ2) is 6.87. The van der Waals surface area contributed by atoms with Crippen LogP contribution >= 0.6 is 0 Å². The lowest BCUT2D eigenvalue weighted by molar-refractivity contribution is -0.117. The maximum Gasteiger partial charge on any atom is 0.228 e. The van der Waals surface area contributed by atoms with Gasteiger partial charge in [-0.05, 0) is 43.5 Å². The van der Waals surface area contributed by atoms with Crippen LogP contribution in [0.3, 0.4) is 0 Å². The number of carbonyl (C=O) groups excluding carboxylic acids is 2. The molecule has 1 fully saturated rings. The van der Waals surface area contributed by atoms with Crippen molar-refractivity contribution in [2.24, 2.45) is 5.92 Å². The Morgan fingerprint density at radius 1 is 1.04 bits per heavy atom. The molecule has 1 saturated carbocycles. The fourth-order valence-corrected chi connectivity index (χ4v) is 2.98. The van der Waals surface area contributed by atoms with E-state index in [1.165, 1.54) is 0 Å². The summed E-state index contributed by atoms with van der Waals surface area (Å²) in [7, 11) is 0.